The van der Waals surface area contributed by atoms with Crippen molar-refractivity contribution in [1.29, 1.82) is 0 Å². The predicted octanol–water partition coefficient (Wildman–Crippen LogP) is 1.68. The molecule has 1 fully saturated rings. The molecule has 5 nitrogen and oxygen atoms in total. The van der Waals surface area contributed by atoms with Gasteiger partial charge >= 0.3 is 5.97 Å². The Labute approximate surface area is 121 Å². The number of aliphatic carboxylic acids is 1. The summed E-state index contributed by atoms with van der Waals surface area (Å²) in [5, 5.41) is 9.39. The zero-order chi connectivity index (χ0) is 15.5. The average molecular weight is 284 g/mol. The summed E-state index contributed by atoms with van der Waals surface area (Å²) in [6.45, 7) is 12.8. The van der Waals surface area contributed by atoms with Gasteiger partial charge in [-0.3, -0.25) is 14.5 Å². The fraction of sp³-hybridized carbons (Fsp3) is 0.867. The van der Waals surface area contributed by atoms with E-state index in [2.05, 4.69) is 18.7 Å². The van der Waals surface area contributed by atoms with E-state index in [-0.39, 0.29) is 18.2 Å². The highest BCUT2D eigenvalue weighted by Crippen LogP contribution is 2.32. The molecule has 1 aliphatic heterocycles. The zero-order valence-corrected chi connectivity index (χ0v) is 13.3. The third-order valence-electron chi connectivity index (χ3n) is 4.68. The molecule has 1 aliphatic rings. The molecule has 1 rings (SSSR count). The van der Waals surface area contributed by atoms with E-state index < -0.39 is 11.4 Å². The van der Waals surface area contributed by atoms with Crippen LogP contribution in [-0.2, 0) is 9.59 Å². The minimum atomic E-state index is -0.980. The Kier molecular flexibility index (Phi) is 5.57. The maximum absolute atomic E-state index is 12.3. The Balaban J connectivity index is 2.62. The number of piperazine rings is 1. The normalized spacial score (nSPS) is 20.2. The van der Waals surface area contributed by atoms with Crippen molar-refractivity contribution in [3.63, 3.8) is 0 Å². The lowest BCUT2D eigenvalue weighted by atomic mass is 9.76. The van der Waals surface area contributed by atoms with E-state index in [0.717, 1.165) is 13.1 Å². The van der Waals surface area contributed by atoms with Gasteiger partial charge in [0.1, 0.15) is 0 Å². The van der Waals surface area contributed by atoms with Crippen LogP contribution >= 0.6 is 0 Å². The monoisotopic (exact) mass is 284 g/mol. The first-order valence-corrected chi connectivity index (χ1v) is 7.43. The Morgan fingerprint density at radius 3 is 1.95 bits per heavy atom. The van der Waals surface area contributed by atoms with Gasteiger partial charge in [0.05, 0.1) is 5.41 Å². The van der Waals surface area contributed by atoms with Crippen molar-refractivity contribution in [2.24, 2.45) is 11.3 Å². The lowest BCUT2D eigenvalue weighted by Gasteiger charge is -2.38. The van der Waals surface area contributed by atoms with Crippen LogP contribution in [0, 0.1) is 11.3 Å². The van der Waals surface area contributed by atoms with Crippen molar-refractivity contribution in [2.75, 3.05) is 26.2 Å². The fourth-order valence-electron chi connectivity index (χ4n) is 2.44. The molecule has 1 N–H and O–H groups in total. The number of carbonyl (C=O) groups excluding carboxylic acids is 1. The minimum absolute atomic E-state index is 0.0352. The Hall–Kier alpha value is -1.10. The lowest BCUT2D eigenvalue weighted by Crippen LogP contribution is -2.52. The second kappa shape index (κ2) is 6.57. The number of carboxylic acids is 1. The Morgan fingerprint density at radius 2 is 1.60 bits per heavy atom. The van der Waals surface area contributed by atoms with Crippen molar-refractivity contribution in [3.8, 4) is 0 Å². The van der Waals surface area contributed by atoms with Crippen LogP contribution in [0.4, 0.5) is 0 Å². The number of rotatable bonds is 5. The SMILES string of the molecule is CC(C)N1CCN(C(=O)CC(C)(C(=O)O)C(C)C)CC1. The molecule has 1 saturated heterocycles. The molecule has 20 heavy (non-hydrogen) atoms. The first-order chi connectivity index (χ1) is 9.18. The quantitative estimate of drug-likeness (QED) is 0.834. The van der Waals surface area contributed by atoms with Crippen LogP contribution in [0.1, 0.15) is 41.0 Å². The molecule has 0 saturated carbocycles. The summed E-state index contributed by atoms with van der Waals surface area (Å²) in [6.07, 6.45) is 0.0850. The molecule has 116 valence electrons. The molecule has 0 spiro atoms. The summed E-state index contributed by atoms with van der Waals surface area (Å²) in [4.78, 5) is 27.9. The Morgan fingerprint density at radius 1 is 1.10 bits per heavy atom. The molecule has 0 aromatic rings. The second-order valence-corrected chi connectivity index (χ2v) is 6.56. The van der Waals surface area contributed by atoms with E-state index in [0.29, 0.717) is 19.1 Å². The zero-order valence-electron chi connectivity index (χ0n) is 13.3. The summed E-state index contributed by atoms with van der Waals surface area (Å²) in [5.74, 6) is -0.991. The minimum Gasteiger partial charge on any atom is -0.481 e. The van der Waals surface area contributed by atoms with Gasteiger partial charge in [-0.2, -0.15) is 0 Å². The van der Waals surface area contributed by atoms with Crippen molar-refractivity contribution < 1.29 is 14.7 Å². The highest BCUT2D eigenvalue weighted by Gasteiger charge is 2.40. The third-order valence-corrected chi connectivity index (χ3v) is 4.68. The molecule has 0 aliphatic carbocycles. The number of carbonyl (C=O) groups is 2. The van der Waals surface area contributed by atoms with Crippen LogP contribution in [0.2, 0.25) is 0 Å². The van der Waals surface area contributed by atoms with Crippen LogP contribution in [-0.4, -0.2) is 59.0 Å². The van der Waals surface area contributed by atoms with E-state index >= 15 is 0 Å². The fourth-order valence-corrected chi connectivity index (χ4v) is 2.44. The molecule has 1 atom stereocenters. The highest BCUT2D eigenvalue weighted by atomic mass is 16.4. The van der Waals surface area contributed by atoms with Crippen LogP contribution in [0.3, 0.4) is 0 Å². The first kappa shape index (κ1) is 17.0. The van der Waals surface area contributed by atoms with Gasteiger partial charge in [-0.1, -0.05) is 13.8 Å². The topological polar surface area (TPSA) is 60.9 Å². The van der Waals surface area contributed by atoms with E-state index in [1.165, 1.54) is 0 Å². The maximum atomic E-state index is 12.3. The molecule has 0 aromatic heterocycles. The summed E-state index contributed by atoms with van der Waals surface area (Å²) < 4.78 is 0. The van der Waals surface area contributed by atoms with Crippen molar-refractivity contribution in [3.05, 3.63) is 0 Å². The molecule has 0 radical (unpaired) electrons. The molecule has 1 heterocycles. The molecular weight excluding hydrogens is 256 g/mol. The van der Waals surface area contributed by atoms with Crippen molar-refractivity contribution in [1.82, 2.24) is 9.80 Å². The molecular formula is C15H28N2O3. The lowest BCUT2D eigenvalue weighted by molar-refractivity contribution is -0.156. The summed E-state index contributed by atoms with van der Waals surface area (Å²) in [6, 6.07) is 0.493. The third kappa shape index (κ3) is 3.72. The summed E-state index contributed by atoms with van der Waals surface area (Å²) >= 11 is 0. The predicted molar refractivity (Wildman–Crippen MR) is 78.5 cm³/mol. The van der Waals surface area contributed by atoms with Gasteiger partial charge < -0.3 is 10.0 Å². The standard InChI is InChI=1S/C15H28N2O3/c1-11(2)15(5,14(19)20)10-13(18)17-8-6-16(7-9-17)12(3)4/h11-12H,6-10H2,1-5H3,(H,19,20). The molecule has 0 bridgehead atoms. The van der Waals surface area contributed by atoms with Gasteiger partial charge in [-0.25, -0.2) is 0 Å². The van der Waals surface area contributed by atoms with Crippen LogP contribution in [0.5, 0.6) is 0 Å². The van der Waals surface area contributed by atoms with Gasteiger partial charge in [0.25, 0.3) is 0 Å². The van der Waals surface area contributed by atoms with Gasteiger partial charge in [0, 0.05) is 38.6 Å². The van der Waals surface area contributed by atoms with E-state index in [1.54, 1.807) is 6.92 Å². The maximum Gasteiger partial charge on any atom is 0.310 e. The molecule has 1 unspecified atom stereocenters. The molecule has 5 heteroatoms. The van der Waals surface area contributed by atoms with Crippen molar-refractivity contribution in [2.45, 2.75) is 47.1 Å². The summed E-state index contributed by atoms with van der Waals surface area (Å²) in [5.41, 5.74) is -0.980. The van der Waals surface area contributed by atoms with Crippen LogP contribution < -0.4 is 0 Å². The number of carboxylic acid groups (broad SMARTS) is 1. The summed E-state index contributed by atoms with van der Waals surface area (Å²) in [7, 11) is 0. The van der Waals surface area contributed by atoms with E-state index in [1.807, 2.05) is 18.7 Å². The second-order valence-electron chi connectivity index (χ2n) is 6.56. The smallest absolute Gasteiger partial charge is 0.310 e. The van der Waals surface area contributed by atoms with E-state index in [9.17, 15) is 14.7 Å². The van der Waals surface area contributed by atoms with Gasteiger partial charge in [0.2, 0.25) is 5.91 Å². The highest BCUT2D eigenvalue weighted by molar-refractivity contribution is 5.85. The van der Waals surface area contributed by atoms with Crippen molar-refractivity contribution >= 4 is 11.9 Å². The van der Waals surface area contributed by atoms with E-state index in [4.69, 9.17) is 0 Å². The molecule has 0 aromatic carbocycles. The van der Waals surface area contributed by atoms with Gasteiger partial charge in [-0.05, 0) is 26.7 Å². The number of amides is 1. The first-order valence-electron chi connectivity index (χ1n) is 7.43. The molecule has 1 amide bonds. The van der Waals surface area contributed by atoms with Crippen LogP contribution in [0.25, 0.3) is 0 Å². The Bertz CT molecular complexity index is 360. The number of hydrogen-bond acceptors (Lipinski definition) is 3. The van der Waals surface area contributed by atoms with Gasteiger partial charge in [0.15, 0.2) is 0 Å². The number of nitrogens with zero attached hydrogens (tertiary/aromatic N) is 2. The largest absolute Gasteiger partial charge is 0.481 e. The van der Waals surface area contributed by atoms with Gasteiger partial charge in [-0.15, -0.1) is 0 Å². The number of hydrogen-bond donors (Lipinski definition) is 1. The average Bonchev–Trinajstić information content (AvgIpc) is 2.38. The van der Waals surface area contributed by atoms with Crippen LogP contribution in [0.15, 0.2) is 0 Å².